The van der Waals surface area contributed by atoms with Crippen molar-refractivity contribution in [1.29, 1.82) is 0 Å². The average molecular weight is 256 g/mol. The lowest BCUT2D eigenvalue weighted by molar-refractivity contribution is 0.588. The Balaban J connectivity index is 3.09. The lowest BCUT2D eigenvalue weighted by Gasteiger charge is -2.18. The number of sulfonamides is 1. The molecular weight excluding hydrogens is 236 g/mol. The zero-order valence-corrected chi connectivity index (χ0v) is 11.3. The number of hydrogen-bond acceptors (Lipinski definition) is 3. The lowest BCUT2D eigenvalue weighted by atomic mass is 10.1. The van der Waals surface area contributed by atoms with Crippen molar-refractivity contribution in [2.75, 3.05) is 12.4 Å². The second-order valence-corrected chi connectivity index (χ2v) is 5.72. The fourth-order valence-corrected chi connectivity index (χ4v) is 2.54. The minimum Gasteiger partial charge on any atom is -0.381 e. The average Bonchev–Trinajstić information content (AvgIpc) is 2.36. The summed E-state index contributed by atoms with van der Waals surface area (Å²) in [7, 11) is -1.98. The molecule has 1 rings (SSSR count). The summed E-state index contributed by atoms with van der Waals surface area (Å²) in [6.45, 7) is 4.16. The van der Waals surface area contributed by atoms with Crippen molar-refractivity contribution in [2.24, 2.45) is 0 Å². The molecule has 96 valence electrons. The van der Waals surface area contributed by atoms with Gasteiger partial charge in [-0.05, 0) is 32.0 Å². The van der Waals surface area contributed by atoms with Crippen LogP contribution in [0.5, 0.6) is 0 Å². The Bertz CT molecular complexity index is 453. The van der Waals surface area contributed by atoms with Crippen LogP contribution in [-0.4, -0.2) is 21.5 Å². The van der Waals surface area contributed by atoms with E-state index in [-0.39, 0.29) is 0 Å². The molecule has 5 heteroatoms. The summed E-state index contributed by atoms with van der Waals surface area (Å²) in [6, 6.07) is 7.25. The van der Waals surface area contributed by atoms with Crippen molar-refractivity contribution < 1.29 is 8.42 Å². The van der Waals surface area contributed by atoms with Gasteiger partial charge >= 0.3 is 0 Å². The third-order valence-corrected chi connectivity index (χ3v) is 4.26. The van der Waals surface area contributed by atoms with Gasteiger partial charge in [-0.25, -0.2) is 13.1 Å². The maximum Gasteiger partial charge on any atom is 0.242 e. The number of nitrogens with one attached hydrogen (secondary N) is 2. The molecule has 0 aliphatic heterocycles. The standard InChI is InChI=1S/C12H20N2O2S/c1-4-10(5-2)14-11-8-6-7-9-12(11)17(15,16)13-3/h6-10,13-14H,4-5H2,1-3H3. The van der Waals surface area contributed by atoms with Crippen molar-refractivity contribution in [3.8, 4) is 0 Å². The zero-order chi connectivity index (χ0) is 12.9. The smallest absolute Gasteiger partial charge is 0.242 e. The van der Waals surface area contributed by atoms with Gasteiger partial charge in [0.1, 0.15) is 4.90 Å². The van der Waals surface area contributed by atoms with Crippen LogP contribution in [0.2, 0.25) is 0 Å². The van der Waals surface area contributed by atoms with E-state index in [1.165, 1.54) is 7.05 Å². The molecule has 0 unspecified atom stereocenters. The minimum absolute atomic E-state index is 0.295. The molecule has 0 spiro atoms. The zero-order valence-electron chi connectivity index (χ0n) is 10.5. The van der Waals surface area contributed by atoms with Crippen LogP contribution in [-0.2, 0) is 10.0 Å². The van der Waals surface area contributed by atoms with Crippen LogP contribution < -0.4 is 10.0 Å². The molecule has 0 fully saturated rings. The van der Waals surface area contributed by atoms with Crippen molar-refractivity contribution in [3.63, 3.8) is 0 Å². The van der Waals surface area contributed by atoms with Crippen LogP contribution in [0.15, 0.2) is 29.2 Å². The highest BCUT2D eigenvalue weighted by molar-refractivity contribution is 7.89. The van der Waals surface area contributed by atoms with E-state index in [1.54, 1.807) is 18.2 Å². The van der Waals surface area contributed by atoms with E-state index in [4.69, 9.17) is 0 Å². The predicted octanol–water partition coefficient (Wildman–Crippen LogP) is 2.20. The molecule has 0 bridgehead atoms. The molecule has 0 aliphatic rings. The van der Waals surface area contributed by atoms with Crippen LogP contribution in [0.1, 0.15) is 26.7 Å². The summed E-state index contributed by atoms with van der Waals surface area (Å²) in [5.74, 6) is 0. The van der Waals surface area contributed by atoms with E-state index >= 15 is 0 Å². The Hall–Kier alpha value is -1.07. The highest BCUT2D eigenvalue weighted by Gasteiger charge is 2.17. The highest BCUT2D eigenvalue weighted by atomic mass is 32.2. The van der Waals surface area contributed by atoms with Gasteiger partial charge in [0, 0.05) is 6.04 Å². The first-order chi connectivity index (χ1) is 8.05. The first-order valence-corrected chi connectivity index (χ1v) is 7.32. The molecule has 0 aliphatic carbocycles. The Morgan fingerprint density at radius 2 is 1.76 bits per heavy atom. The fourth-order valence-electron chi connectivity index (χ4n) is 1.64. The number of benzene rings is 1. The molecule has 0 saturated heterocycles. The van der Waals surface area contributed by atoms with Gasteiger partial charge in [0.15, 0.2) is 0 Å². The molecule has 2 N–H and O–H groups in total. The first kappa shape index (κ1) is 14.0. The molecule has 0 amide bonds. The number of para-hydroxylation sites is 1. The predicted molar refractivity (Wildman–Crippen MR) is 70.7 cm³/mol. The number of hydrogen-bond donors (Lipinski definition) is 2. The molecular formula is C12H20N2O2S. The Morgan fingerprint density at radius 1 is 1.18 bits per heavy atom. The Morgan fingerprint density at radius 3 is 2.29 bits per heavy atom. The van der Waals surface area contributed by atoms with Gasteiger partial charge in [-0.2, -0.15) is 0 Å². The first-order valence-electron chi connectivity index (χ1n) is 5.84. The maximum atomic E-state index is 11.8. The van der Waals surface area contributed by atoms with Crippen LogP contribution in [0.3, 0.4) is 0 Å². The largest absolute Gasteiger partial charge is 0.381 e. The van der Waals surface area contributed by atoms with E-state index < -0.39 is 10.0 Å². The van der Waals surface area contributed by atoms with Crippen molar-refractivity contribution in [2.45, 2.75) is 37.6 Å². The van der Waals surface area contributed by atoms with Crippen molar-refractivity contribution in [3.05, 3.63) is 24.3 Å². The number of rotatable bonds is 6. The summed E-state index contributed by atoms with van der Waals surface area (Å²) in [5, 5.41) is 3.27. The monoisotopic (exact) mass is 256 g/mol. The normalized spacial score (nSPS) is 11.8. The Kier molecular flexibility index (Phi) is 4.96. The van der Waals surface area contributed by atoms with Gasteiger partial charge in [-0.1, -0.05) is 26.0 Å². The molecule has 4 nitrogen and oxygen atoms in total. The summed E-state index contributed by atoms with van der Waals surface area (Å²) < 4.78 is 26.0. The van der Waals surface area contributed by atoms with Crippen LogP contribution in [0.25, 0.3) is 0 Å². The molecule has 0 atom stereocenters. The Labute approximate surface area is 103 Å². The van der Waals surface area contributed by atoms with Gasteiger partial charge in [0.05, 0.1) is 5.69 Å². The maximum absolute atomic E-state index is 11.8. The van der Waals surface area contributed by atoms with E-state index in [0.29, 0.717) is 16.6 Å². The summed E-state index contributed by atoms with van der Waals surface area (Å²) in [6.07, 6.45) is 1.93. The van der Waals surface area contributed by atoms with Crippen molar-refractivity contribution in [1.82, 2.24) is 4.72 Å². The summed E-state index contributed by atoms with van der Waals surface area (Å²) in [4.78, 5) is 0.300. The van der Waals surface area contributed by atoms with Crippen LogP contribution in [0, 0.1) is 0 Å². The number of anilines is 1. The van der Waals surface area contributed by atoms with Gasteiger partial charge < -0.3 is 5.32 Å². The second-order valence-electron chi connectivity index (χ2n) is 3.86. The quantitative estimate of drug-likeness (QED) is 0.820. The van der Waals surface area contributed by atoms with E-state index in [9.17, 15) is 8.42 Å². The molecule has 0 heterocycles. The second kappa shape index (κ2) is 6.02. The highest BCUT2D eigenvalue weighted by Crippen LogP contribution is 2.22. The minimum atomic E-state index is -3.40. The van der Waals surface area contributed by atoms with Gasteiger partial charge in [-0.3, -0.25) is 0 Å². The summed E-state index contributed by atoms with van der Waals surface area (Å²) in [5.41, 5.74) is 0.663. The fraction of sp³-hybridized carbons (Fsp3) is 0.500. The molecule has 0 radical (unpaired) electrons. The molecule has 17 heavy (non-hydrogen) atoms. The van der Waals surface area contributed by atoms with Crippen LogP contribution >= 0.6 is 0 Å². The van der Waals surface area contributed by atoms with E-state index in [0.717, 1.165) is 12.8 Å². The molecule has 1 aromatic carbocycles. The third kappa shape index (κ3) is 3.44. The lowest BCUT2D eigenvalue weighted by Crippen LogP contribution is -2.23. The summed E-state index contributed by atoms with van der Waals surface area (Å²) >= 11 is 0. The van der Waals surface area contributed by atoms with E-state index in [1.807, 2.05) is 6.07 Å². The van der Waals surface area contributed by atoms with Gasteiger partial charge in [-0.15, -0.1) is 0 Å². The third-order valence-electron chi connectivity index (χ3n) is 2.79. The SMILES string of the molecule is CCC(CC)Nc1ccccc1S(=O)(=O)NC. The molecule has 0 aromatic heterocycles. The van der Waals surface area contributed by atoms with Crippen molar-refractivity contribution >= 4 is 15.7 Å². The molecule has 1 aromatic rings. The molecule has 0 saturated carbocycles. The van der Waals surface area contributed by atoms with E-state index in [2.05, 4.69) is 23.9 Å². The van der Waals surface area contributed by atoms with Gasteiger partial charge in [0.25, 0.3) is 0 Å². The van der Waals surface area contributed by atoms with Crippen LogP contribution in [0.4, 0.5) is 5.69 Å². The van der Waals surface area contributed by atoms with Gasteiger partial charge in [0.2, 0.25) is 10.0 Å². The topological polar surface area (TPSA) is 58.2 Å².